The quantitative estimate of drug-likeness (QED) is 0.773. The lowest BCUT2D eigenvalue weighted by molar-refractivity contribution is 0.187. The molecule has 2 heterocycles. The highest BCUT2D eigenvalue weighted by Gasteiger charge is 2.24. The number of piperidine rings is 1. The molecule has 1 aliphatic rings. The summed E-state index contributed by atoms with van der Waals surface area (Å²) in [5.41, 5.74) is 2.00. The Bertz CT molecular complexity index is 615. The molecule has 2 aromatic rings. The molecule has 21 heavy (non-hydrogen) atoms. The van der Waals surface area contributed by atoms with Gasteiger partial charge in [-0.1, -0.05) is 24.6 Å². The van der Waals surface area contributed by atoms with Crippen LogP contribution in [0.1, 0.15) is 38.1 Å². The molecule has 3 rings (SSSR count). The number of rotatable bonds is 4. The molecule has 0 radical (unpaired) electrons. The lowest BCUT2D eigenvalue weighted by Crippen LogP contribution is -2.35. The zero-order valence-corrected chi connectivity index (χ0v) is 13.9. The monoisotopic (exact) mass is 325 g/mol. The van der Waals surface area contributed by atoms with E-state index in [1.54, 1.807) is 0 Å². The van der Waals surface area contributed by atoms with E-state index in [0.717, 1.165) is 42.8 Å². The Morgan fingerprint density at radius 2 is 2.05 bits per heavy atom. The third-order valence-corrected chi connectivity index (χ3v) is 4.87. The standard InChI is InChI=1S/C16H21Cl2N3/c1-2-8-20-9-6-12(7-10-20)21-14-5-3-4-13(18)16(14)19-15(21)11-17/h3-5,12H,2,6-11H2,1H3. The molecule has 1 aromatic carbocycles. The van der Waals surface area contributed by atoms with Crippen molar-refractivity contribution in [2.24, 2.45) is 0 Å². The Morgan fingerprint density at radius 3 is 2.71 bits per heavy atom. The van der Waals surface area contributed by atoms with E-state index in [2.05, 4.69) is 27.4 Å². The van der Waals surface area contributed by atoms with Gasteiger partial charge in [0.15, 0.2) is 0 Å². The number of para-hydroxylation sites is 1. The van der Waals surface area contributed by atoms with Crippen molar-refractivity contribution >= 4 is 34.2 Å². The summed E-state index contributed by atoms with van der Waals surface area (Å²) in [5.74, 6) is 1.37. The highest BCUT2D eigenvalue weighted by molar-refractivity contribution is 6.35. The number of likely N-dealkylation sites (tertiary alicyclic amines) is 1. The first-order chi connectivity index (χ1) is 10.2. The third kappa shape index (κ3) is 2.92. The number of nitrogens with zero attached hydrogens (tertiary/aromatic N) is 3. The molecule has 1 fully saturated rings. The van der Waals surface area contributed by atoms with E-state index in [1.165, 1.54) is 13.0 Å². The second kappa shape index (κ2) is 6.55. The number of alkyl halides is 1. The summed E-state index contributed by atoms with van der Waals surface area (Å²) in [6.07, 6.45) is 3.53. The first kappa shape index (κ1) is 15.1. The van der Waals surface area contributed by atoms with Crippen LogP contribution in [0.25, 0.3) is 11.0 Å². The zero-order valence-electron chi connectivity index (χ0n) is 12.4. The van der Waals surface area contributed by atoms with Crippen molar-refractivity contribution in [1.29, 1.82) is 0 Å². The van der Waals surface area contributed by atoms with Gasteiger partial charge in [-0.15, -0.1) is 11.6 Å². The molecule has 1 aromatic heterocycles. The van der Waals surface area contributed by atoms with Gasteiger partial charge in [0.2, 0.25) is 0 Å². The summed E-state index contributed by atoms with van der Waals surface area (Å²) in [5, 5.41) is 0.709. The summed E-state index contributed by atoms with van der Waals surface area (Å²) < 4.78 is 2.32. The summed E-state index contributed by atoms with van der Waals surface area (Å²) in [6.45, 7) is 5.75. The number of imidazole rings is 1. The van der Waals surface area contributed by atoms with Crippen LogP contribution in [0, 0.1) is 0 Å². The van der Waals surface area contributed by atoms with Crippen LogP contribution in [0.3, 0.4) is 0 Å². The molecule has 0 spiro atoms. The fourth-order valence-corrected chi connectivity index (χ4v) is 3.75. The Hall–Kier alpha value is -0.770. The van der Waals surface area contributed by atoms with Crippen molar-refractivity contribution in [2.75, 3.05) is 19.6 Å². The van der Waals surface area contributed by atoms with E-state index >= 15 is 0 Å². The second-order valence-electron chi connectivity index (χ2n) is 5.71. The van der Waals surface area contributed by atoms with E-state index in [-0.39, 0.29) is 0 Å². The predicted molar refractivity (Wildman–Crippen MR) is 89.3 cm³/mol. The van der Waals surface area contributed by atoms with Crippen molar-refractivity contribution in [2.45, 2.75) is 38.1 Å². The van der Waals surface area contributed by atoms with Crippen LogP contribution in [-0.4, -0.2) is 34.1 Å². The molecule has 0 N–H and O–H groups in total. The number of hydrogen-bond acceptors (Lipinski definition) is 2. The van der Waals surface area contributed by atoms with Crippen LogP contribution in [0.2, 0.25) is 5.02 Å². The molecule has 3 nitrogen and oxygen atoms in total. The van der Waals surface area contributed by atoms with E-state index in [0.29, 0.717) is 16.9 Å². The zero-order chi connectivity index (χ0) is 14.8. The van der Waals surface area contributed by atoms with E-state index < -0.39 is 0 Å². The van der Waals surface area contributed by atoms with Crippen molar-refractivity contribution in [3.05, 3.63) is 29.0 Å². The fraction of sp³-hybridized carbons (Fsp3) is 0.562. The summed E-state index contributed by atoms with van der Waals surface area (Å²) in [7, 11) is 0. The van der Waals surface area contributed by atoms with Crippen molar-refractivity contribution in [1.82, 2.24) is 14.5 Å². The number of halogens is 2. The maximum absolute atomic E-state index is 6.28. The van der Waals surface area contributed by atoms with Gasteiger partial charge in [0.05, 0.1) is 16.4 Å². The molecule has 0 amide bonds. The van der Waals surface area contributed by atoms with Gasteiger partial charge in [-0.3, -0.25) is 0 Å². The Balaban J connectivity index is 1.91. The number of hydrogen-bond donors (Lipinski definition) is 0. The van der Waals surface area contributed by atoms with E-state index in [9.17, 15) is 0 Å². The minimum Gasteiger partial charge on any atom is -0.324 e. The number of fused-ring (bicyclic) bond motifs is 1. The maximum atomic E-state index is 6.28. The molecule has 0 bridgehead atoms. The van der Waals surface area contributed by atoms with Gasteiger partial charge in [0.1, 0.15) is 11.3 Å². The number of benzene rings is 1. The summed E-state index contributed by atoms with van der Waals surface area (Å²) in [6, 6.07) is 6.47. The molecule has 0 unspecified atom stereocenters. The lowest BCUT2D eigenvalue weighted by Gasteiger charge is -2.33. The van der Waals surface area contributed by atoms with Crippen LogP contribution in [0.4, 0.5) is 0 Å². The van der Waals surface area contributed by atoms with Gasteiger partial charge in [0, 0.05) is 19.1 Å². The first-order valence-corrected chi connectivity index (χ1v) is 8.59. The average molecular weight is 326 g/mol. The molecular weight excluding hydrogens is 305 g/mol. The molecular formula is C16H21Cl2N3. The Labute approximate surface area is 135 Å². The number of aromatic nitrogens is 2. The normalized spacial score (nSPS) is 17.7. The van der Waals surface area contributed by atoms with Crippen LogP contribution < -0.4 is 0 Å². The van der Waals surface area contributed by atoms with E-state index in [1.807, 2.05) is 12.1 Å². The van der Waals surface area contributed by atoms with Crippen LogP contribution >= 0.6 is 23.2 Å². The first-order valence-electron chi connectivity index (χ1n) is 7.68. The molecule has 1 aliphatic heterocycles. The Kier molecular flexibility index (Phi) is 4.72. The molecule has 0 atom stereocenters. The largest absolute Gasteiger partial charge is 0.324 e. The Morgan fingerprint density at radius 1 is 1.29 bits per heavy atom. The lowest BCUT2D eigenvalue weighted by atomic mass is 10.0. The molecule has 1 saturated heterocycles. The average Bonchev–Trinajstić information content (AvgIpc) is 2.88. The van der Waals surface area contributed by atoms with Crippen LogP contribution in [-0.2, 0) is 5.88 Å². The van der Waals surface area contributed by atoms with Gasteiger partial charge in [-0.05, 0) is 37.9 Å². The topological polar surface area (TPSA) is 21.1 Å². The van der Waals surface area contributed by atoms with Crippen LogP contribution in [0.5, 0.6) is 0 Å². The summed E-state index contributed by atoms with van der Waals surface area (Å²) in [4.78, 5) is 7.19. The van der Waals surface area contributed by atoms with Gasteiger partial charge < -0.3 is 9.47 Å². The second-order valence-corrected chi connectivity index (χ2v) is 6.39. The smallest absolute Gasteiger partial charge is 0.125 e. The predicted octanol–water partition coefficient (Wildman–Crippen LogP) is 4.48. The van der Waals surface area contributed by atoms with E-state index in [4.69, 9.17) is 23.2 Å². The van der Waals surface area contributed by atoms with Gasteiger partial charge in [-0.2, -0.15) is 0 Å². The minimum absolute atomic E-state index is 0.431. The highest BCUT2D eigenvalue weighted by Crippen LogP contribution is 2.32. The third-order valence-electron chi connectivity index (χ3n) is 4.33. The fourth-order valence-electron chi connectivity index (χ4n) is 3.35. The molecule has 5 heteroatoms. The van der Waals surface area contributed by atoms with Gasteiger partial charge in [-0.25, -0.2) is 4.98 Å². The molecule has 114 valence electrons. The summed E-state index contributed by atoms with van der Waals surface area (Å²) >= 11 is 12.4. The van der Waals surface area contributed by atoms with Crippen molar-refractivity contribution < 1.29 is 0 Å². The highest BCUT2D eigenvalue weighted by atomic mass is 35.5. The van der Waals surface area contributed by atoms with Crippen molar-refractivity contribution in [3.8, 4) is 0 Å². The van der Waals surface area contributed by atoms with Crippen LogP contribution in [0.15, 0.2) is 18.2 Å². The minimum atomic E-state index is 0.431. The SMILES string of the molecule is CCCN1CCC(n2c(CCl)nc3c(Cl)cccc32)CC1. The van der Waals surface area contributed by atoms with Gasteiger partial charge in [0.25, 0.3) is 0 Å². The maximum Gasteiger partial charge on any atom is 0.125 e. The molecule has 0 saturated carbocycles. The molecule has 0 aliphatic carbocycles. The van der Waals surface area contributed by atoms with Crippen molar-refractivity contribution in [3.63, 3.8) is 0 Å². The van der Waals surface area contributed by atoms with Gasteiger partial charge >= 0.3 is 0 Å².